The quantitative estimate of drug-likeness (QED) is 0.388. The van der Waals surface area contributed by atoms with Crippen LogP contribution >= 0.6 is 0 Å². The molecule has 0 saturated carbocycles. The molecule has 2 N–H and O–H groups in total. The number of benzene rings is 2. The van der Waals surface area contributed by atoms with Crippen LogP contribution in [0.1, 0.15) is 15.9 Å². The highest BCUT2D eigenvalue weighted by molar-refractivity contribution is 6.09. The van der Waals surface area contributed by atoms with Crippen LogP contribution in [-0.4, -0.2) is 20.9 Å². The molecule has 2 rings (SSSR count). The van der Waals surface area contributed by atoms with Crippen molar-refractivity contribution in [2.24, 2.45) is 0 Å². The maximum absolute atomic E-state index is 12.8. The standard InChI is InChI=1S/C13H8FNO5/c14-9-3-1-7(2-4-9)12(17)8-5-10(15(19)20)13(18)11(16)6-8/h1-6,16,18H. The van der Waals surface area contributed by atoms with Gasteiger partial charge in [-0.15, -0.1) is 0 Å². The van der Waals surface area contributed by atoms with Crippen molar-refractivity contribution in [3.05, 3.63) is 63.5 Å². The second-order valence-corrected chi connectivity index (χ2v) is 3.96. The van der Waals surface area contributed by atoms with Crippen LogP contribution in [0.5, 0.6) is 11.5 Å². The molecule has 7 heteroatoms. The molecular weight excluding hydrogens is 269 g/mol. The Labute approximate surface area is 111 Å². The van der Waals surface area contributed by atoms with Crippen molar-refractivity contribution >= 4 is 11.5 Å². The number of nitro groups is 1. The topological polar surface area (TPSA) is 101 Å². The van der Waals surface area contributed by atoms with Gasteiger partial charge in [0.1, 0.15) is 5.82 Å². The summed E-state index contributed by atoms with van der Waals surface area (Å²) in [6, 6.07) is 6.33. The van der Waals surface area contributed by atoms with Gasteiger partial charge in [0.2, 0.25) is 5.75 Å². The number of hydrogen-bond acceptors (Lipinski definition) is 5. The van der Waals surface area contributed by atoms with Crippen molar-refractivity contribution < 1.29 is 24.3 Å². The van der Waals surface area contributed by atoms with Crippen LogP contribution in [0.3, 0.4) is 0 Å². The molecule has 0 saturated heterocycles. The van der Waals surface area contributed by atoms with Gasteiger partial charge in [0.15, 0.2) is 11.5 Å². The van der Waals surface area contributed by atoms with Gasteiger partial charge in [-0.3, -0.25) is 14.9 Å². The molecule has 0 aliphatic rings. The summed E-state index contributed by atoms with van der Waals surface area (Å²) in [6.45, 7) is 0. The molecule has 2 aromatic carbocycles. The number of nitrogens with zero attached hydrogens (tertiary/aromatic N) is 1. The third kappa shape index (κ3) is 2.41. The SMILES string of the molecule is O=C(c1ccc(F)cc1)c1cc(O)c(O)c([N+](=O)[O-])c1. The number of rotatable bonds is 3. The van der Waals surface area contributed by atoms with E-state index in [4.69, 9.17) is 0 Å². The minimum Gasteiger partial charge on any atom is -0.504 e. The zero-order valence-electron chi connectivity index (χ0n) is 9.91. The Kier molecular flexibility index (Phi) is 3.34. The number of phenols is 2. The maximum Gasteiger partial charge on any atom is 0.315 e. The van der Waals surface area contributed by atoms with E-state index in [1.54, 1.807) is 0 Å². The fraction of sp³-hybridized carbons (Fsp3) is 0. The predicted molar refractivity (Wildman–Crippen MR) is 66.3 cm³/mol. The van der Waals surface area contributed by atoms with E-state index in [0.717, 1.165) is 24.3 Å². The van der Waals surface area contributed by atoms with E-state index in [2.05, 4.69) is 0 Å². The summed E-state index contributed by atoms with van der Waals surface area (Å²) in [7, 11) is 0. The van der Waals surface area contributed by atoms with Crippen molar-refractivity contribution in [3.63, 3.8) is 0 Å². The molecule has 20 heavy (non-hydrogen) atoms. The number of phenolic OH excluding ortho intramolecular Hbond substituents is 2. The smallest absolute Gasteiger partial charge is 0.315 e. The lowest BCUT2D eigenvalue weighted by atomic mass is 10.0. The number of carbonyl (C=O) groups excluding carboxylic acids is 1. The van der Waals surface area contributed by atoms with Gasteiger partial charge in [-0.1, -0.05) is 0 Å². The number of nitro benzene ring substituents is 1. The average molecular weight is 277 g/mol. The normalized spacial score (nSPS) is 10.2. The minimum absolute atomic E-state index is 0.103. The van der Waals surface area contributed by atoms with E-state index >= 15 is 0 Å². The van der Waals surface area contributed by atoms with Crippen molar-refractivity contribution in [1.82, 2.24) is 0 Å². The van der Waals surface area contributed by atoms with E-state index in [9.17, 15) is 29.5 Å². The Morgan fingerprint density at radius 1 is 1.10 bits per heavy atom. The second-order valence-electron chi connectivity index (χ2n) is 3.96. The summed E-state index contributed by atoms with van der Waals surface area (Å²) in [5.41, 5.74) is -0.861. The van der Waals surface area contributed by atoms with Crippen LogP contribution in [0.25, 0.3) is 0 Å². The molecule has 2 aromatic rings. The largest absolute Gasteiger partial charge is 0.504 e. The summed E-state index contributed by atoms with van der Waals surface area (Å²) < 4.78 is 12.8. The molecule has 0 atom stereocenters. The number of hydrogen-bond donors (Lipinski definition) is 2. The number of halogens is 1. The first-order valence-corrected chi connectivity index (χ1v) is 5.41. The molecule has 0 spiro atoms. The lowest BCUT2D eigenvalue weighted by molar-refractivity contribution is -0.386. The molecule has 0 bridgehead atoms. The average Bonchev–Trinajstić information content (AvgIpc) is 2.41. The zero-order chi connectivity index (χ0) is 14.9. The van der Waals surface area contributed by atoms with Crippen molar-refractivity contribution in [1.29, 1.82) is 0 Å². The number of aromatic hydroxyl groups is 2. The summed E-state index contributed by atoms with van der Waals surface area (Å²) in [5, 5.41) is 29.4. The van der Waals surface area contributed by atoms with Crippen molar-refractivity contribution in [2.45, 2.75) is 0 Å². The Hall–Kier alpha value is -2.96. The summed E-state index contributed by atoms with van der Waals surface area (Å²) in [5.74, 6) is -2.85. The van der Waals surface area contributed by atoms with E-state index in [-0.39, 0.29) is 11.1 Å². The monoisotopic (exact) mass is 277 g/mol. The van der Waals surface area contributed by atoms with E-state index in [1.165, 1.54) is 12.1 Å². The lowest BCUT2D eigenvalue weighted by Gasteiger charge is -2.04. The molecule has 0 aliphatic heterocycles. The van der Waals surface area contributed by atoms with Crippen molar-refractivity contribution in [2.75, 3.05) is 0 Å². The Bertz CT molecular complexity index is 697. The summed E-state index contributed by atoms with van der Waals surface area (Å²) in [4.78, 5) is 21.8. The Morgan fingerprint density at radius 3 is 2.25 bits per heavy atom. The first kappa shape index (κ1) is 13.5. The van der Waals surface area contributed by atoms with Gasteiger partial charge in [0.05, 0.1) is 4.92 Å². The third-order valence-corrected chi connectivity index (χ3v) is 2.63. The van der Waals surface area contributed by atoms with Gasteiger partial charge in [0.25, 0.3) is 0 Å². The highest BCUT2D eigenvalue weighted by Gasteiger charge is 2.22. The molecule has 0 amide bonds. The van der Waals surface area contributed by atoms with Crippen LogP contribution in [0, 0.1) is 15.9 Å². The molecular formula is C13H8FNO5. The molecule has 0 aromatic heterocycles. The van der Waals surface area contributed by atoms with Gasteiger partial charge in [-0.05, 0) is 30.3 Å². The molecule has 0 unspecified atom stereocenters. The van der Waals surface area contributed by atoms with Crippen LogP contribution < -0.4 is 0 Å². The predicted octanol–water partition coefficient (Wildman–Crippen LogP) is 2.38. The molecule has 0 heterocycles. The Morgan fingerprint density at radius 2 is 1.70 bits per heavy atom. The zero-order valence-corrected chi connectivity index (χ0v) is 9.91. The van der Waals surface area contributed by atoms with E-state index in [1.807, 2.05) is 0 Å². The molecule has 102 valence electrons. The van der Waals surface area contributed by atoms with Gasteiger partial charge in [0, 0.05) is 17.2 Å². The van der Waals surface area contributed by atoms with E-state index in [0.29, 0.717) is 0 Å². The first-order chi connectivity index (χ1) is 9.40. The number of carbonyl (C=O) groups is 1. The van der Waals surface area contributed by atoms with Gasteiger partial charge in [-0.2, -0.15) is 0 Å². The van der Waals surface area contributed by atoms with Crippen LogP contribution in [0.15, 0.2) is 36.4 Å². The highest BCUT2D eigenvalue weighted by atomic mass is 19.1. The first-order valence-electron chi connectivity index (χ1n) is 5.41. The fourth-order valence-electron chi connectivity index (χ4n) is 1.64. The third-order valence-electron chi connectivity index (χ3n) is 2.63. The fourth-order valence-corrected chi connectivity index (χ4v) is 1.64. The summed E-state index contributed by atoms with van der Waals surface area (Å²) in [6.07, 6.45) is 0. The molecule has 0 radical (unpaired) electrons. The van der Waals surface area contributed by atoms with Crippen LogP contribution in [0.2, 0.25) is 0 Å². The lowest BCUT2D eigenvalue weighted by Crippen LogP contribution is -2.02. The highest BCUT2D eigenvalue weighted by Crippen LogP contribution is 2.36. The molecule has 6 nitrogen and oxygen atoms in total. The van der Waals surface area contributed by atoms with Gasteiger partial charge >= 0.3 is 5.69 Å². The van der Waals surface area contributed by atoms with Crippen LogP contribution in [-0.2, 0) is 0 Å². The molecule has 0 aliphatic carbocycles. The molecule has 0 fully saturated rings. The maximum atomic E-state index is 12.8. The number of ketones is 1. The second kappa shape index (κ2) is 4.96. The van der Waals surface area contributed by atoms with Gasteiger partial charge in [-0.25, -0.2) is 4.39 Å². The van der Waals surface area contributed by atoms with Gasteiger partial charge < -0.3 is 10.2 Å². The van der Waals surface area contributed by atoms with Crippen molar-refractivity contribution in [3.8, 4) is 11.5 Å². The van der Waals surface area contributed by atoms with Crippen LogP contribution in [0.4, 0.5) is 10.1 Å². The Balaban J connectivity index is 2.50. The summed E-state index contributed by atoms with van der Waals surface area (Å²) >= 11 is 0. The minimum atomic E-state index is -0.920. The van der Waals surface area contributed by atoms with E-state index < -0.39 is 33.7 Å².